The average Bonchev–Trinajstić information content (AvgIpc) is 3.27. The van der Waals surface area contributed by atoms with Gasteiger partial charge < -0.3 is 9.64 Å². The van der Waals surface area contributed by atoms with Crippen molar-refractivity contribution in [1.29, 1.82) is 0 Å². The van der Waals surface area contributed by atoms with E-state index in [1.54, 1.807) is 12.1 Å². The van der Waals surface area contributed by atoms with Crippen molar-refractivity contribution in [3.05, 3.63) is 23.8 Å². The molecule has 7 nitrogen and oxygen atoms in total. The number of methoxy groups -OCH3 is 1. The summed E-state index contributed by atoms with van der Waals surface area (Å²) in [5.41, 5.74) is 0.592. The molecule has 2 aliphatic rings. The molecule has 0 radical (unpaired) electrons. The molecule has 2 fully saturated rings. The number of carbonyl (C=O) groups excluding carboxylic acids is 1. The number of nitrogens with one attached hydrogen (secondary N) is 1. The van der Waals surface area contributed by atoms with Crippen LogP contribution < -0.4 is 9.46 Å². The van der Waals surface area contributed by atoms with Crippen LogP contribution in [0.15, 0.2) is 23.1 Å². The van der Waals surface area contributed by atoms with Crippen molar-refractivity contribution in [1.82, 2.24) is 14.5 Å². The van der Waals surface area contributed by atoms with Gasteiger partial charge in [-0.3, -0.25) is 9.69 Å². The van der Waals surface area contributed by atoms with Crippen molar-refractivity contribution in [2.24, 2.45) is 0 Å². The molecule has 1 heterocycles. The van der Waals surface area contributed by atoms with Crippen LogP contribution in [0.4, 0.5) is 0 Å². The van der Waals surface area contributed by atoms with E-state index in [0.717, 1.165) is 32.4 Å². The molecule has 1 amide bonds. The van der Waals surface area contributed by atoms with Gasteiger partial charge in [0, 0.05) is 24.7 Å². The molecule has 0 aromatic heterocycles. The van der Waals surface area contributed by atoms with Gasteiger partial charge in [-0.15, -0.1) is 0 Å². The number of carbonyl (C=O) groups is 1. The summed E-state index contributed by atoms with van der Waals surface area (Å²) < 4.78 is 32.3. The number of likely N-dealkylation sites (N-methyl/N-ethyl adjacent to an activating group) is 1. The van der Waals surface area contributed by atoms with Gasteiger partial charge in [-0.05, 0) is 51.9 Å². The zero-order chi connectivity index (χ0) is 21.0. The summed E-state index contributed by atoms with van der Waals surface area (Å²) in [6.45, 7) is 2.25. The van der Waals surface area contributed by atoms with Gasteiger partial charge in [0.05, 0.1) is 13.5 Å². The minimum absolute atomic E-state index is 0.00148. The van der Waals surface area contributed by atoms with E-state index in [9.17, 15) is 13.2 Å². The van der Waals surface area contributed by atoms with Crippen LogP contribution in [0.1, 0.15) is 44.1 Å². The summed E-state index contributed by atoms with van der Waals surface area (Å²) in [7, 11) is 1.02. The number of likely N-dealkylation sites (tertiary alicyclic amines) is 1. The lowest BCUT2D eigenvalue weighted by Gasteiger charge is -2.42. The van der Waals surface area contributed by atoms with Crippen LogP contribution in [0.5, 0.6) is 5.75 Å². The number of amides is 1. The molecule has 3 rings (SSSR count). The zero-order valence-corrected chi connectivity index (χ0v) is 18.5. The highest BCUT2D eigenvalue weighted by atomic mass is 32.2. The van der Waals surface area contributed by atoms with Crippen LogP contribution in [-0.4, -0.2) is 70.5 Å². The van der Waals surface area contributed by atoms with Gasteiger partial charge in [0.1, 0.15) is 10.6 Å². The van der Waals surface area contributed by atoms with Gasteiger partial charge in [0.25, 0.3) is 0 Å². The highest BCUT2D eigenvalue weighted by Gasteiger charge is 2.35. The zero-order valence-electron chi connectivity index (χ0n) is 17.7. The second kappa shape index (κ2) is 9.45. The minimum Gasteiger partial charge on any atom is -0.495 e. The van der Waals surface area contributed by atoms with Crippen LogP contribution >= 0.6 is 0 Å². The Hall–Kier alpha value is -1.64. The van der Waals surface area contributed by atoms with Crippen molar-refractivity contribution >= 4 is 15.9 Å². The molecule has 8 heteroatoms. The molecule has 1 aliphatic heterocycles. The van der Waals surface area contributed by atoms with Crippen LogP contribution in [0.25, 0.3) is 0 Å². The molecule has 0 spiro atoms. The fourth-order valence-electron chi connectivity index (χ4n) is 4.77. The SMILES string of the molecule is CNS(=O)(=O)c1cccc(CC(=O)N(C)[C@@H]2CCCC[C@H]2N2CCCC2)c1OC. The minimum atomic E-state index is -3.67. The third-order valence-corrected chi connectivity index (χ3v) is 7.80. The van der Waals surface area contributed by atoms with E-state index in [-0.39, 0.29) is 29.0 Å². The number of hydrogen-bond donors (Lipinski definition) is 1. The lowest BCUT2D eigenvalue weighted by atomic mass is 9.88. The van der Waals surface area contributed by atoms with E-state index in [0.29, 0.717) is 11.6 Å². The Morgan fingerprint density at radius 3 is 2.55 bits per heavy atom. The Balaban J connectivity index is 1.79. The first-order chi connectivity index (χ1) is 13.9. The second-order valence-electron chi connectivity index (χ2n) is 8.00. The topological polar surface area (TPSA) is 79.0 Å². The van der Waals surface area contributed by atoms with Gasteiger partial charge >= 0.3 is 0 Å². The molecule has 1 aromatic carbocycles. The number of ether oxygens (including phenoxy) is 1. The first-order valence-corrected chi connectivity index (χ1v) is 12.0. The summed E-state index contributed by atoms with van der Waals surface area (Å²) in [5, 5.41) is 0. The summed E-state index contributed by atoms with van der Waals surface area (Å²) in [5.74, 6) is 0.238. The molecular weight excluding hydrogens is 390 g/mol. The third-order valence-electron chi connectivity index (χ3n) is 6.36. The summed E-state index contributed by atoms with van der Waals surface area (Å²) in [6.07, 6.45) is 7.13. The van der Waals surface area contributed by atoms with Crippen LogP contribution in [0, 0.1) is 0 Å². The van der Waals surface area contributed by atoms with E-state index in [4.69, 9.17) is 4.74 Å². The van der Waals surface area contributed by atoms with Crippen LogP contribution in [0.2, 0.25) is 0 Å². The van der Waals surface area contributed by atoms with E-state index in [1.807, 2.05) is 11.9 Å². The average molecular weight is 424 g/mol. The standard InChI is InChI=1S/C21H33N3O4S/c1-22-29(26,27)19-12-8-9-16(21(19)28-3)15-20(25)23(2)17-10-4-5-11-18(17)24-13-6-7-14-24/h8-9,12,17-18,22H,4-7,10-11,13-15H2,1-3H3/t17-,18-/m1/s1. The summed E-state index contributed by atoms with van der Waals surface area (Å²) >= 11 is 0. The maximum atomic E-state index is 13.2. The molecule has 2 atom stereocenters. The maximum absolute atomic E-state index is 13.2. The number of hydrogen-bond acceptors (Lipinski definition) is 5. The first kappa shape index (κ1) is 22.1. The molecule has 1 saturated carbocycles. The van der Waals surface area contributed by atoms with Gasteiger partial charge in [-0.1, -0.05) is 25.0 Å². The first-order valence-electron chi connectivity index (χ1n) is 10.5. The van der Waals surface area contributed by atoms with E-state index >= 15 is 0 Å². The van der Waals surface area contributed by atoms with Crippen molar-refractivity contribution in [3.63, 3.8) is 0 Å². The van der Waals surface area contributed by atoms with E-state index in [2.05, 4.69) is 9.62 Å². The number of sulfonamides is 1. The third kappa shape index (κ3) is 4.75. The van der Waals surface area contributed by atoms with Crippen molar-refractivity contribution in [2.45, 2.75) is 61.9 Å². The molecule has 162 valence electrons. The lowest BCUT2D eigenvalue weighted by Crippen LogP contribution is -2.53. The number of rotatable bonds is 7. The van der Waals surface area contributed by atoms with Crippen molar-refractivity contribution < 1.29 is 17.9 Å². The number of para-hydroxylation sites is 1. The van der Waals surface area contributed by atoms with Gasteiger partial charge in [0.15, 0.2) is 0 Å². The van der Waals surface area contributed by atoms with E-state index in [1.165, 1.54) is 39.5 Å². The predicted molar refractivity (Wildman–Crippen MR) is 113 cm³/mol. The Kier molecular flexibility index (Phi) is 7.19. The molecule has 29 heavy (non-hydrogen) atoms. The molecule has 1 aliphatic carbocycles. The number of benzene rings is 1. The molecule has 1 N–H and O–H groups in total. The smallest absolute Gasteiger partial charge is 0.244 e. The predicted octanol–water partition coefficient (Wildman–Crippen LogP) is 2.01. The summed E-state index contributed by atoms with van der Waals surface area (Å²) in [4.78, 5) is 17.7. The van der Waals surface area contributed by atoms with Crippen molar-refractivity contribution in [3.8, 4) is 5.75 Å². The van der Waals surface area contributed by atoms with Gasteiger partial charge in [0.2, 0.25) is 15.9 Å². The summed E-state index contributed by atoms with van der Waals surface area (Å²) in [6, 6.07) is 5.55. The Labute approximate surface area is 174 Å². The highest BCUT2D eigenvalue weighted by molar-refractivity contribution is 7.89. The Bertz CT molecular complexity index is 821. The fraction of sp³-hybridized carbons (Fsp3) is 0.667. The Morgan fingerprint density at radius 1 is 1.21 bits per heavy atom. The Morgan fingerprint density at radius 2 is 1.90 bits per heavy atom. The monoisotopic (exact) mass is 423 g/mol. The van der Waals surface area contributed by atoms with E-state index < -0.39 is 10.0 Å². The molecule has 0 bridgehead atoms. The quantitative estimate of drug-likeness (QED) is 0.726. The number of nitrogens with zero attached hydrogens (tertiary/aromatic N) is 2. The van der Waals surface area contributed by atoms with Crippen LogP contribution in [-0.2, 0) is 21.2 Å². The lowest BCUT2D eigenvalue weighted by molar-refractivity contribution is -0.133. The fourth-order valence-corrected chi connectivity index (χ4v) is 5.71. The van der Waals surface area contributed by atoms with Gasteiger partial charge in [-0.25, -0.2) is 13.1 Å². The molecule has 1 aromatic rings. The molecular formula is C21H33N3O4S. The largest absolute Gasteiger partial charge is 0.495 e. The second-order valence-corrected chi connectivity index (χ2v) is 9.85. The highest BCUT2D eigenvalue weighted by Crippen LogP contribution is 2.31. The maximum Gasteiger partial charge on any atom is 0.244 e. The van der Waals surface area contributed by atoms with Crippen molar-refractivity contribution in [2.75, 3.05) is 34.3 Å². The molecule has 0 unspecified atom stereocenters. The van der Waals surface area contributed by atoms with Gasteiger partial charge in [-0.2, -0.15) is 0 Å². The normalized spacial score (nSPS) is 23.1. The van der Waals surface area contributed by atoms with Crippen LogP contribution in [0.3, 0.4) is 0 Å². The molecule has 1 saturated heterocycles.